The maximum absolute atomic E-state index is 12.6. The van der Waals surface area contributed by atoms with E-state index in [4.69, 9.17) is 13.9 Å². The first-order chi connectivity index (χ1) is 11.8. The van der Waals surface area contributed by atoms with E-state index in [2.05, 4.69) is 0 Å². The van der Waals surface area contributed by atoms with Crippen LogP contribution >= 0.6 is 0 Å². The van der Waals surface area contributed by atoms with Crippen molar-refractivity contribution in [3.05, 3.63) is 60.1 Å². The Bertz CT molecular complexity index is 606. The van der Waals surface area contributed by atoms with Gasteiger partial charge in [0.25, 0.3) is 0 Å². The van der Waals surface area contributed by atoms with Gasteiger partial charge in [0.15, 0.2) is 0 Å². The van der Waals surface area contributed by atoms with E-state index >= 15 is 0 Å². The number of hydrogen-bond donors (Lipinski definition) is 0. The van der Waals surface area contributed by atoms with Crippen LogP contribution < -0.4 is 0 Å². The number of rotatable bonds is 8. The fourth-order valence-electron chi connectivity index (χ4n) is 2.80. The smallest absolute Gasteiger partial charge is 0.249 e. The third-order valence-corrected chi connectivity index (χ3v) is 4.06. The summed E-state index contributed by atoms with van der Waals surface area (Å²) < 4.78 is 16.6. The third kappa shape index (κ3) is 4.94. The van der Waals surface area contributed by atoms with E-state index in [1.54, 1.807) is 11.2 Å². The Morgan fingerprint density at radius 2 is 2.08 bits per heavy atom. The van der Waals surface area contributed by atoms with E-state index < -0.39 is 0 Å². The maximum atomic E-state index is 12.6. The summed E-state index contributed by atoms with van der Waals surface area (Å²) in [5.41, 5.74) is 1.06. The van der Waals surface area contributed by atoms with Gasteiger partial charge >= 0.3 is 0 Å². The molecule has 2 heterocycles. The van der Waals surface area contributed by atoms with Crippen LogP contribution in [0.5, 0.6) is 0 Å². The molecule has 1 atom stereocenters. The van der Waals surface area contributed by atoms with Crippen LogP contribution in [-0.2, 0) is 27.4 Å². The van der Waals surface area contributed by atoms with Gasteiger partial charge in [0.2, 0.25) is 5.91 Å². The Hall–Kier alpha value is -2.11. The predicted molar refractivity (Wildman–Crippen MR) is 89.2 cm³/mol. The molecule has 1 aliphatic rings. The standard InChI is InChI=1S/C19H23NO4/c21-19(15-22-14-16-6-2-1-3-7-16)20(12-17-8-4-10-23-17)13-18-9-5-11-24-18/h1-4,6-8,10,18H,5,9,11-15H2/t18-/m0/s1. The van der Waals surface area contributed by atoms with Gasteiger partial charge in [0.1, 0.15) is 12.4 Å². The maximum Gasteiger partial charge on any atom is 0.249 e. The lowest BCUT2D eigenvalue weighted by atomic mass is 10.2. The molecule has 1 aliphatic heterocycles. The zero-order valence-corrected chi connectivity index (χ0v) is 13.7. The molecule has 0 radical (unpaired) electrons. The monoisotopic (exact) mass is 329 g/mol. The molecule has 128 valence electrons. The topological polar surface area (TPSA) is 51.9 Å². The first-order valence-electron chi connectivity index (χ1n) is 8.34. The van der Waals surface area contributed by atoms with Crippen molar-refractivity contribution < 1.29 is 18.7 Å². The lowest BCUT2D eigenvalue weighted by Crippen LogP contribution is -2.38. The number of carbonyl (C=O) groups is 1. The molecular formula is C19H23NO4. The minimum Gasteiger partial charge on any atom is -0.467 e. The molecule has 1 amide bonds. The van der Waals surface area contributed by atoms with Crippen molar-refractivity contribution >= 4 is 5.91 Å². The van der Waals surface area contributed by atoms with Crippen LogP contribution in [0.25, 0.3) is 0 Å². The molecule has 0 N–H and O–H groups in total. The fraction of sp³-hybridized carbons (Fsp3) is 0.421. The van der Waals surface area contributed by atoms with E-state index in [0.717, 1.165) is 30.8 Å². The molecule has 1 saturated heterocycles. The molecule has 1 fully saturated rings. The van der Waals surface area contributed by atoms with E-state index in [9.17, 15) is 4.79 Å². The van der Waals surface area contributed by atoms with Crippen molar-refractivity contribution in [3.8, 4) is 0 Å². The summed E-state index contributed by atoms with van der Waals surface area (Å²) in [6.07, 6.45) is 3.78. The van der Waals surface area contributed by atoms with Crippen LogP contribution in [0.15, 0.2) is 53.1 Å². The average Bonchev–Trinajstić information content (AvgIpc) is 3.29. The summed E-state index contributed by atoms with van der Waals surface area (Å²) >= 11 is 0. The van der Waals surface area contributed by atoms with Crippen LogP contribution in [0.3, 0.4) is 0 Å². The van der Waals surface area contributed by atoms with Crippen LogP contribution in [0, 0.1) is 0 Å². The van der Waals surface area contributed by atoms with Crippen molar-refractivity contribution in [1.29, 1.82) is 0 Å². The summed E-state index contributed by atoms with van der Waals surface area (Å²) in [5, 5.41) is 0. The molecule has 0 bridgehead atoms. The van der Waals surface area contributed by atoms with Gasteiger partial charge in [-0.15, -0.1) is 0 Å². The second-order valence-electron chi connectivity index (χ2n) is 5.97. The molecule has 5 heteroatoms. The molecular weight excluding hydrogens is 306 g/mol. The molecule has 0 spiro atoms. The second kappa shape index (κ2) is 8.66. The van der Waals surface area contributed by atoms with Gasteiger partial charge in [0.05, 0.1) is 25.5 Å². The van der Waals surface area contributed by atoms with Gasteiger partial charge < -0.3 is 18.8 Å². The van der Waals surface area contributed by atoms with Gasteiger partial charge in [-0.25, -0.2) is 0 Å². The lowest BCUT2D eigenvalue weighted by molar-refractivity contribution is -0.139. The van der Waals surface area contributed by atoms with Crippen LogP contribution in [0.2, 0.25) is 0 Å². The molecule has 1 aromatic carbocycles. The summed E-state index contributed by atoms with van der Waals surface area (Å²) in [6, 6.07) is 13.6. The molecule has 1 aromatic heterocycles. The van der Waals surface area contributed by atoms with Crippen molar-refractivity contribution in [3.63, 3.8) is 0 Å². The van der Waals surface area contributed by atoms with Gasteiger partial charge in [-0.3, -0.25) is 4.79 Å². The molecule has 2 aromatic rings. The number of furan rings is 1. The van der Waals surface area contributed by atoms with Crippen molar-refractivity contribution in [2.45, 2.75) is 32.1 Å². The highest BCUT2D eigenvalue weighted by Gasteiger charge is 2.23. The van der Waals surface area contributed by atoms with E-state index in [1.807, 2.05) is 42.5 Å². The SMILES string of the molecule is O=C(COCc1ccccc1)N(Cc1ccco1)C[C@@H]1CCCO1. The van der Waals surface area contributed by atoms with Crippen molar-refractivity contribution in [2.75, 3.05) is 19.8 Å². The van der Waals surface area contributed by atoms with Gasteiger partial charge in [-0.05, 0) is 30.5 Å². The highest BCUT2D eigenvalue weighted by Crippen LogP contribution is 2.15. The van der Waals surface area contributed by atoms with E-state index in [-0.39, 0.29) is 18.6 Å². The van der Waals surface area contributed by atoms with Crippen LogP contribution in [0.1, 0.15) is 24.2 Å². The minimum atomic E-state index is -0.0437. The zero-order valence-electron chi connectivity index (χ0n) is 13.7. The Morgan fingerprint density at radius 1 is 1.21 bits per heavy atom. The number of nitrogens with zero attached hydrogens (tertiary/aromatic N) is 1. The van der Waals surface area contributed by atoms with Crippen LogP contribution in [-0.4, -0.2) is 36.7 Å². The molecule has 0 unspecified atom stereocenters. The Labute approximate surface area is 142 Å². The number of amides is 1. The first-order valence-corrected chi connectivity index (χ1v) is 8.34. The average molecular weight is 329 g/mol. The van der Waals surface area contributed by atoms with E-state index in [1.165, 1.54) is 0 Å². The van der Waals surface area contributed by atoms with E-state index in [0.29, 0.717) is 19.7 Å². The Morgan fingerprint density at radius 3 is 2.79 bits per heavy atom. The molecule has 5 nitrogen and oxygen atoms in total. The van der Waals surface area contributed by atoms with Gasteiger partial charge in [0, 0.05) is 13.2 Å². The van der Waals surface area contributed by atoms with Crippen molar-refractivity contribution in [1.82, 2.24) is 4.90 Å². The second-order valence-corrected chi connectivity index (χ2v) is 5.97. The third-order valence-electron chi connectivity index (χ3n) is 4.06. The zero-order chi connectivity index (χ0) is 16.6. The minimum absolute atomic E-state index is 0.0437. The van der Waals surface area contributed by atoms with Gasteiger partial charge in [-0.2, -0.15) is 0 Å². The molecule has 24 heavy (non-hydrogen) atoms. The highest BCUT2D eigenvalue weighted by atomic mass is 16.5. The molecule has 3 rings (SSSR count). The normalized spacial score (nSPS) is 17.1. The lowest BCUT2D eigenvalue weighted by Gasteiger charge is -2.24. The summed E-state index contributed by atoms with van der Waals surface area (Å²) in [6.45, 7) is 2.29. The number of carbonyl (C=O) groups excluding carboxylic acids is 1. The molecule has 0 saturated carbocycles. The summed E-state index contributed by atoms with van der Waals surface area (Å²) in [4.78, 5) is 14.3. The number of ether oxygens (including phenoxy) is 2. The molecule has 0 aliphatic carbocycles. The summed E-state index contributed by atoms with van der Waals surface area (Å²) in [5.74, 6) is 0.724. The summed E-state index contributed by atoms with van der Waals surface area (Å²) in [7, 11) is 0. The number of hydrogen-bond acceptors (Lipinski definition) is 4. The highest BCUT2D eigenvalue weighted by molar-refractivity contribution is 5.77. The predicted octanol–water partition coefficient (Wildman–Crippen LogP) is 3.00. The Kier molecular flexibility index (Phi) is 6.04. The Balaban J connectivity index is 1.53. The first kappa shape index (κ1) is 16.7. The largest absolute Gasteiger partial charge is 0.467 e. The number of benzene rings is 1. The quantitative estimate of drug-likeness (QED) is 0.747. The van der Waals surface area contributed by atoms with Gasteiger partial charge in [-0.1, -0.05) is 30.3 Å². The van der Waals surface area contributed by atoms with Crippen LogP contribution in [0.4, 0.5) is 0 Å². The fourth-order valence-corrected chi connectivity index (χ4v) is 2.80. The van der Waals surface area contributed by atoms with Crippen molar-refractivity contribution in [2.24, 2.45) is 0 Å².